The largest absolute Gasteiger partial charge is 0.321 e. The van der Waals surface area contributed by atoms with Crippen LogP contribution in [0.25, 0.3) is 0 Å². The van der Waals surface area contributed by atoms with Crippen molar-refractivity contribution in [3.05, 3.63) is 53.1 Å². The Labute approximate surface area is 113 Å². The van der Waals surface area contributed by atoms with E-state index in [1.165, 1.54) is 5.56 Å². The molecule has 1 unspecified atom stereocenters. The first kappa shape index (κ1) is 13.1. The van der Waals surface area contributed by atoms with Gasteiger partial charge < -0.3 is 9.88 Å². The second kappa shape index (κ2) is 6.03. The highest BCUT2D eigenvalue weighted by molar-refractivity contribution is 6.29. The zero-order valence-corrected chi connectivity index (χ0v) is 11.5. The highest BCUT2D eigenvalue weighted by Gasteiger charge is 2.07. The molecule has 18 heavy (non-hydrogen) atoms. The molecular weight excluding hydrogens is 246 g/mol. The first-order valence-corrected chi connectivity index (χ1v) is 6.48. The topological polar surface area (TPSA) is 29.9 Å². The van der Waals surface area contributed by atoms with E-state index in [9.17, 15) is 0 Å². The van der Waals surface area contributed by atoms with Crippen LogP contribution in [0.1, 0.15) is 18.3 Å². The standard InChI is InChI=1S/C14H18ClN3/c1-11(8-12-6-4-3-5-7-12)16-10-14-17-9-13(15)18(14)2/h3-7,9,11,16H,8,10H2,1-2H3. The lowest BCUT2D eigenvalue weighted by atomic mass is 10.1. The summed E-state index contributed by atoms with van der Waals surface area (Å²) in [6.45, 7) is 2.91. The number of rotatable bonds is 5. The Bertz CT molecular complexity index is 493. The molecule has 1 atom stereocenters. The highest BCUT2D eigenvalue weighted by atomic mass is 35.5. The number of halogens is 1. The molecule has 0 aliphatic heterocycles. The van der Waals surface area contributed by atoms with Crippen LogP contribution >= 0.6 is 11.6 Å². The third kappa shape index (κ3) is 3.34. The van der Waals surface area contributed by atoms with E-state index in [0.717, 1.165) is 18.8 Å². The molecule has 2 rings (SSSR count). The summed E-state index contributed by atoms with van der Waals surface area (Å²) in [6, 6.07) is 10.9. The minimum absolute atomic E-state index is 0.405. The lowest BCUT2D eigenvalue weighted by Gasteiger charge is -2.13. The van der Waals surface area contributed by atoms with Crippen LogP contribution in [-0.4, -0.2) is 15.6 Å². The van der Waals surface area contributed by atoms with E-state index in [1.807, 2.05) is 17.7 Å². The van der Waals surface area contributed by atoms with Crippen molar-refractivity contribution < 1.29 is 0 Å². The fourth-order valence-corrected chi connectivity index (χ4v) is 2.04. The molecule has 0 saturated heterocycles. The normalized spacial score (nSPS) is 12.6. The SMILES string of the molecule is CC(Cc1ccccc1)NCc1ncc(Cl)n1C. The molecule has 0 bridgehead atoms. The van der Waals surface area contributed by atoms with Gasteiger partial charge in [-0.05, 0) is 18.9 Å². The molecule has 96 valence electrons. The molecule has 0 spiro atoms. The molecule has 0 aliphatic carbocycles. The van der Waals surface area contributed by atoms with E-state index in [1.54, 1.807) is 6.20 Å². The number of hydrogen-bond acceptors (Lipinski definition) is 2. The molecule has 1 N–H and O–H groups in total. The Balaban J connectivity index is 1.85. The minimum atomic E-state index is 0.405. The fraction of sp³-hybridized carbons (Fsp3) is 0.357. The summed E-state index contributed by atoms with van der Waals surface area (Å²) in [5.41, 5.74) is 1.34. The van der Waals surface area contributed by atoms with E-state index in [0.29, 0.717) is 11.2 Å². The summed E-state index contributed by atoms with van der Waals surface area (Å²) in [5.74, 6) is 0.958. The molecule has 1 aromatic heterocycles. The first-order chi connectivity index (χ1) is 8.66. The van der Waals surface area contributed by atoms with Gasteiger partial charge in [0.25, 0.3) is 0 Å². The van der Waals surface area contributed by atoms with Crippen molar-refractivity contribution in [1.29, 1.82) is 0 Å². The Hall–Kier alpha value is -1.32. The van der Waals surface area contributed by atoms with E-state index in [2.05, 4.69) is 41.5 Å². The van der Waals surface area contributed by atoms with Crippen molar-refractivity contribution in [1.82, 2.24) is 14.9 Å². The monoisotopic (exact) mass is 263 g/mol. The predicted molar refractivity (Wildman–Crippen MR) is 74.7 cm³/mol. The van der Waals surface area contributed by atoms with Gasteiger partial charge in [-0.3, -0.25) is 0 Å². The predicted octanol–water partition coefficient (Wildman–Crippen LogP) is 2.79. The van der Waals surface area contributed by atoms with Gasteiger partial charge in [-0.25, -0.2) is 4.98 Å². The summed E-state index contributed by atoms with van der Waals surface area (Å²) < 4.78 is 1.89. The summed E-state index contributed by atoms with van der Waals surface area (Å²) >= 11 is 5.95. The van der Waals surface area contributed by atoms with E-state index >= 15 is 0 Å². The van der Waals surface area contributed by atoms with Crippen LogP contribution in [0.15, 0.2) is 36.5 Å². The fourth-order valence-electron chi connectivity index (χ4n) is 1.89. The van der Waals surface area contributed by atoms with Crippen LogP contribution in [0.3, 0.4) is 0 Å². The minimum Gasteiger partial charge on any atom is -0.321 e. The molecule has 1 aromatic carbocycles. The zero-order chi connectivity index (χ0) is 13.0. The Morgan fingerprint density at radius 2 is 2.06 bits per heavy atom. The zero-order valence-electron chi connectivity index (χ0n) is 10.7. The second-order valence-corrected chi connectivity index (χ2v) is 4.92. The second-order valence-electron chi connectivity index (χ2n) is 4.53. The number of imidazole rings is 1. The van der Waals surface area contributed by atoms with Gasteiger partial charge in [-0.15, -0.1) is 0 Å². The highest BCUT2D eigenvalue weighted by Crippen LogP contribution is 2.09. The molecular formula is C14H18ClN3. The summed E-state index contributed by atoms with van der Waals surface area (Å²) in [7, 11) is 1.92. The van der Waals surface area contributed by atoms with E-state index in [4.69, 9.17) is 11.6 Å². The molecule has 0 aliphatic rings. The third-order valence-electron chi connectivity index (χ3n) is 3.02. The molecule has 4 heteroatoms. The van der Waals surface area contributed by atoms with E-state index in [-0.39, 0.29) is 0 Å². The number of hydrogen-bond donors (Lipinski definition) is 1. The van der Waals surface area contributed by atoms with Crippen LogP contribution < -0.4 is 5.32 Å². The summed E-state index contributed by atoms with van der Waals surface area (Å²) in [4.78, 5) is 4.26. The summed E-state index contributed by atoms with van der Waals surface area (Å²) in [6.07, 6.45) is 2.69. The van der Waals surface area contributed by atoms with Gasteiger partial charge >= 0.3 is 0 Å². The Morgan fingerprint density at radius 1 is 1.33 bits per heavy atom. The van der Waals surface area contributed by atoms with Crippen molar-refractivity contribution in [3.63, 3.8) is 0 Å². The maximum Gasteiger partial charge on any atom is 0.128 e. The van der Waals surface area contributed by atoms with Gasteiger partial charge in [0.1, 0.15) is 11.0 Å². The van der Waals surface area contributed by atoms with Crippen molar-refractivity contribution in [2.75, 3.05) is 0 Å². The lowest BCUT2D eigenvalue weighted by Crippen LogP contribution is -2.28. The van der Waals surface area contributed by atoms with Crippen LogP contribution in [0.2, 0.25) is 5.15 Å². The quantitative estimate of drug-likeness (QED) is 0.899. The van der Waals surface area contributed by atoms with Crippen molar-refractivity contribution >= 4 is 11.6 Å². The number of nitrogens with zero attached hydrogens (tertiary/aromatic N) is 2. The maximum absolute atomic E-state index is 5.95. The van der Waals surface area contributed by atoms with Crippen LogP contribution in [0.4, 0.5) is 0 Å². The van der Waals surface area contributed by atoms with Crippen LogP contribution in [-0.2, 0) is 20.0 Å². The molecule has 3 nitrogen and oxygen atoms in total. The van der Waals surface area contributed by atoms with E-state index < -0.39 is 0 Å². The molecule has 0 fully saturated rings. The number of benzene rings is 1. The Morgan fingerprint density at radius 3 is 2.67 bits per heavy atom. The van der Waals surface area contributed by atoms with Crippen molar-refractivity contribution in [2.24, 2.45) is 7.05 Å². The van der Waals surface area contributed by atoms with Gasteiger partial charge in [0.15, 0.2) is 0 Å². The van der Waals surface area contributed by atoms with Crippen LogP contribution in [0.5, 0.6) is 0 Å². The van der Waals surface area contributed by atoms with Gasteiger partial charge in [0.2, 0.25) is 0 Å². The Kier molecular flexibility index (Phi) is 4.39. The van der Waals surface area contributed by atoms with Crippen molar-refractivity contribution in [3.8, 4) is 0 Å². The number of aromatic nitrogens is 2. The van der Waals surface area contributed by atoms with Gasteiger partial charge in [0.05, 0.1) is 12.7 Å². The smallest absolute Gasteiger partial charge is 0.128 e. The number of nitrogens with one attached hydrogen (secondary N) is 1. The molecule has 0 saturated carbocycles. The average Bonchev–Trinajstić information content (AvgIpc) is 2.69. The van der Waals surface area contributed by atoms with Gasteiger partial charge in [-0.2, -0.15) is 0 Å². The lowest BCUT2D eigenvalue weighted by molar-refractivity contribution is 0.526. The molecule has 0 radical (unpaired) electrons. The maximum atomic E-state index is 5.95. The molecule has 1 heterocycles. The van der Waals surface area contributed by atoms with Gasteiger partial charge in [-0.1, -0.05) is 41.9 Å². The molecule has 0 amide bonds. The summed E-state index contributed by atoms with van der Waals surface area (Å²) in [5, 5.41) is 4.13. The van der Waals surface area contributed by atoms with Gasteiger partial charge in [0, 0.05) is 13.1 Å². The first-order valence-electron chi connectivity index (χ1n) is 6.10. The average molecular weight is 264 g/mol. The third-order valence-corrected chi connectivity index (χ3v) is 3.37. The van der Waals surface area contributed by atoms with Crippen molar-refractivity contribution in [2.45, 2.75) is 25.9 Å². The van der Waals surface area contributed by atoms with Crippen LogP contribution in [0, 0.1) is 0 Å². The molecule has 2 aromatic rings.